The number of rotatable bonds is 10. The molecule has 2 amide bonds. The molecule has 1 N–H and O–H groups in total. The maximum absolute atomic E-state index is 12.5. The maximum atomic E-state index is 12.5. The number of benzene rings is 2. The van der Waals surface area contributed by atoms with Crippen LogP contribution in [0.1, 0.15) is 83.2 Å². The first-order valence-electron chi connectivity index (χ1n) is 14.3. The Balaban J connectivity index is 0.989. The van der Waals surface area contributed by atoms with Crippen molar-refractivity contribution in [1.29, 1.82) is 0 Å². The fraction of sp³-hybridized carbons (Fsp3) is 0.469. The number of imide groups is 1. The largest absolute Gasteiger partial charge is 0.493 e. The molecule has 0 aromatic heterocycles. The number of nitrogens with zero attached hydrogens (tertiary/aromatic N) is 2. The first kappa shape index (κ1) is 25.8. The van der Waals surface area contributed by atoms with Crippen LogP contribution in [0.2, 0.25) is 0 Å². The summed E-state index contributed by atoms with van der Waals surface area (Å²) in [6.07, 6.45) is 13.8. The van der Waals surface area contributed by atoms with Crippen LogP contribution in [0.4, 0.5) is 0 Å². The summed E-state index contributed by atoms with van der Waals surface area (Å²) in [4.78, 5) is 26.4. The van der Waals surface area contributed by atoms with Gasteiger partial charge in [0, 0.05) is 36.9 Å². The van der Waals surface area contributed by atoms with Gasteiger partial charge in [-0.25, -0.2) is 4.58 Å². The molecule has 2 aromatic rings. The summed E-state index contributed by atoms with van der Waals surface area (Å²) in [5.41, 5.74) is 3.23. The lowest BCUT2D eigenvalue weighted by molar-refractivity contribution is -0.524. The Morgan fingerprint density at radius 2 is 1.74 bits per heavy atom. The maximum Gasteiger partial charge on any atom is 0.261 e. The van der Waals surface area contributed by atoms with Gasteiger partial charge in [0.25, 0.3) is 11.8 Å². The molecule has 4 aliphatic rings. The van der Waals surface area contributed by atoms with E-state index in [9.17, 15) is 14.7 Å². The summed E-state index contributed by atoms with van der Waals surface area (Å²) < 4.78 is 14.5. The molecule has 0 saturated heterocycles. The highest BCUT2D eigenvalue weighted by Crippen LogP contribution is 2.54. The van der Waals surface area contributed by atoms with Crippen LogP contribution in [0.5, 0.6) is 11.5 Å². The Kier molecular flexibility index (Phi) is 7.02. The smallest absolute Gasteiger partial charge is 0.261 e. The van der Waals surface area contributed by atoms with Crippen LogP contribution < -0.4 is 9.47 Å². The van der Waals surface area contributed by atoms with Crippen LogP contribution in [0.3, 0.4) is 0 Å². The summed E-state index contributed by atoms with van der Waals surface area (Å²) in [5, 5.41) is 10.3. The molecule has 0 fully saturated rings. The van der Waals surface area contributed by atoms with Crippen LogP contribution in [-0.4, -0.2) is 71.6 Å². The number of hydrogen-bond donors (Lipinski definition) is 1. The second-order valence-corrected chi connectivity index (χ2v) is 11.2. The Morgan fingerprint density at radius 1 is 1.03 bits per heavy atom. The number of methoxy groups -OCH3 is 1. The van der Waals surface area contributed by atoms with Gasteiger partial charge in [0.2, 0.25) is 0 Å². The molecule has 3 heterocycles. The number of aliphatic hydroxyl groups excluding tert-OH is 1. The Bertz CT molecular complexity index is 1310. The average molecular weight is 530 g/mol. The van der Waals surface area contributed by atoms with Gasteiger partial charge in [0.1, 0.15) is 19.2 Å². The van der Waals surface area contributed by atoms with Crippen molar-refractivity contribution in [2.24, 2.45) is 0 Å². The van der Waals surface area contributed by atoms with Gasteiger partial charge in [0.15, 0.2) is 17.7 Å². The van der Waals surface area contributed by atoms with Gasteiger partial charge in [-0.1, -0.05) is 43.5 Å². The Labute approximate surface area is 229 Å². The molecule has 2 aromatic carbocycles. The minimum atomic E-state index is -0.472. The van der Waals surface area contributed by atoms with E-state index in [2.05, 4.69) is 22.9 Å². The van der Waals surface area contributed by atoms with Crippen LogP contribution in [-0.2, 0) is 5.41 Å². The fourth-order valence-electron chi connectivity index (χ4n) is 6.75. The Morgan fingerprint density at radius 3 is 2.49 bits per heavy atom. The second kappa shape index (κ2) is 10.6. The van der Waals surface area contributed by atoms with Gasteiger partial charge in [-0.05, 0) is 37.1 Å². The lowest BCUT2D eigenvalue weighted by atomic mass is 9.69. The van der Waals surface area contributed by atoms with Crippen molar-refractivity contribution in [1.82, 2.24) is 4.90 Å². The fourth-order valence-corrected chi connectivity index (χ4v) is 6.75. The molecule has 6 rings (SSSR count). The van der Waals surface area contributed by atoms with E-state index in [1.165, 1.54) is 16.0 Å². The lowest BCUT2D eigenvalue weighted by Crippen LogP contribution is -2.42. The number of hydrogen-bond acceptors (Lipinski definition) is 5. The van der Waals surface area contributed by atoms with E-state index in [4.69, 9.17) is 9.47 Å². The number of carbonyl (C=O) groups excluding carboxylic acids is 2. The van der Waals surface area contributed by atoms with E-state index in [0.717, 1.165) is 69.5 Å². The minimum Gasteiger partial charge on any atom is -0.493 e. The number of aliphatic hydroxyl groups is 1. The zero-order valence-corrected chi connectivity index (χ0v) is 22.6. The van der Waals surface area contributed by atoms with Gasteiger partial charge in [-0.15, -0.1) is 0 Å². The van der Waals surface area contributed by atoms with Gasteiger partial charge < -0.3 is 14.6 Å². The molecule has 0 bridgehead atoms. The van der Waals surface area contributed by atoms with E-state index in [1.807, 2.05) is 12.1 Å². The zero-order valence-electron chi connectivity index (χ0n) is 22.6. The van der Waals surface area contributed by atoms with Crippen LogP contribution in [0, 0.1) is 0 Å². The van der Waals surface area contributed by atoms with Crippen LogP contribution >= 0.6 is 0 Å². The van der Waals surface area contributed by atoms with Crippen molar-refractivity contribution in [3.05, 3.63) is 70.8 Å². The lowest BCUT2D eigenvalue weighted by Gasteiger charge is -2.34. The molecule has 0 radical (unpaired) electrons. The molecule has 7 heteroatoms. The molecule has 39 heavy (non-hydrogen) atoms. The van der Waals surface area contributed by atoms with Gasteiger partial charge in [-0.2, -0.15) is 0 Å². The minimum absolute atomic E-state index is 0.0730. The normalized spacial score (nSPS) is 24.6. The molecule has 204 valence electrons. The van der Waals surface area contributed by atoms with Gasteiger partial charge in [0.05, 0.1) is 29.8 Å². The number of ether oxygens (including phenoxy) is 2. The van der Waals surface area contributed by atoms with E-state index >= 15 is 0 Å². The standard InChI is InChI=1S/C32H37N2O5/c1-38-26-13-12-22-21-33(19-16-32-15-14-23(35)20-27(32)39-29(26)28(22)32)17-8-4-2-3-5-9-18-34-30(36)24-10-6-7-11-25(24)31(34)37/h6-7,10-15,21,23,27,35H,2-5,8-9,16-20H2,1H3/q+1/t23-,27-,32-/m1/s1. The van der Waals surface area contributed by atoms with Gasteiger partial charge >= 0.3 is 0 Å². The number of amides is 2. The van der Waals surface area contributed by atoms with Gasteiger partial charge in [-0.3, -0.25) is 14.5 Å². The van der Waals surface area contributed by atoms with E-state index < -0.39 is 6.10 Å². The predicted octanol–water partition coefficient (Wildman–Crippen LogP) is 4.49. The molecular formula is C32H37N2O5+. The third kappa shape index (κ3) is 4.56. The molecule has 7 nitrogen and oxygen atoms in total. The summed E-state index contributed by atoms with van der Waals surface area (Å²) in [7, 11) is 1.68. The zero-order chi connectivity index (χ0) is 27.0. The molecule has 0 saturated carbocycles. The number of carbonyl (C=O) groups is 2. The highest BCUT2D eigenvalue weighted by atomic mass is 16.5. The third-order valence-corrected chi connectivity index (χ3v) is 8.83. The highest BCUT2D eigenvalue weighted by molar-refractivity contribution is 6.21. The van der Waals surface area contributed by atoms with E-state index in [0.29, 0.717) is 24.1 Å². The van der Waals surface area contributed by atoms with E-state index in [-0.39, 0.29) is 23.3 Å². The van der Waals surface area contributed by atoms with Crippen LogP contribution in [0.15, 0.2) is 48.6 Å². The van der Waals surface area contributed by atoms with Crippen molar-refractivity contribution in [3.63, 3.8) is 0 Å². The monoisotopic (exact) mass is 529 g/mol. The molecule has 3 aliphatic heterocycles. The SMILES string of the molecule is COc1ccc2c3c1O[C@@H]1C[C@H](O)C=C[C@]31CC[N+](CCCCCCCCN1C(=O)c3ccccc3C1=O)=C2. The van der Waals surface area contributed by atoms with Crippen molar-refractivity contribution in [3.8, 4) is 11.5 Å². The third-order valence-electron chi connectivity index (χ3n) is 8.83. The summed E-state index contributed by atoms with van der Waals surface area (Å²) in [6.45, 7) is 2.44. The van der Waals surface area contributed by atoms with Crippen molar-refractivity contribution in [2.45, 2.75) is 69.0 Å². The van der Waals surface area contributed by atoms with Crippen molar-refractivity contribution in [2.75, 3.05) is 26.7 Å². The molecule has 3 atom stereocenters. The first-order valence-corrected chi connectivity index (χ1v) is 14.3. The highest BCUT2D eigenvalue weighted by Gasteiger charge is 2.53. The topological polar surface area (TPSA) is 79.1 Å². The predicted molar refractivity (Wildman–Crippen MR) is 148 cm³/mol. The Hall–Kier alpha value is -3.45. The average Bonchev–Trinajstić information content (AvgIpc) is 3.33. The first-order chi connectivity index (χ1) is 19.0. The molecule has 0 unspecified atom stereocenters. The summed E-state index contributed by atoms with van der Waals surface area (Å²) >= 11 is 0. The quantitative estimate of drug-likeness (QED) is 0.212. The van der Waals surface area contributed by atoms with Crippen LogP contribution in [0.25, 0.3) is 0 Å². The van der Waals surface area contributed by atoms with Crippen molar-refractivity contribution >= 4 is 18.0 Å². The molecular weight excluding hydrogens is 492 g/mol. The van der Waals surface area contributed by atoms with E-state index in [1.54, 1.807) is 31.4 Å². The van der Waals surface area contributed by atoms with Crippen molar-refractivity contribution < 1.29 is 28.7 Å². The summed E-state index contributed by atoms with van der Waals surface area (Å²) in [6, 6.07) is 11.2. The number of fused-ring (bicyclic) bond motifs is 1. The number of unbranched alkanes of at least 4 members (excludes halogenated alkanes) is 5. The molecule has 1 aliphatic carbocycles. The summed E-state index contributed by atoms with van der Waals surface area (Å²) in [5.74, 6) is 1.28. The molecule has 1 spiro atoms. The second-order valence-electron chi connectivity index (χ2n) is 11.2.